The van der Waals surface area contributed by atoms with Gasteiger partial charge >= 0.3 is 0 Å². The van der Waals surface area contributed by atoms with E-state index in [1.54, 1.807) is 0 Å². The molecule has 0 amide bonds. The average Bonchev–Trinajstić information content (AvgIpc) is 2.68. The molecule has 0 radical (unpaired) electrons. The summed E-state index contributed by atoms with van der Waals surface area (Å²) in [7, 11) is 2.18. The fraction of sp³-hybridized carbons (Fsp3) is 0.538. The molecule has 17 heavy (non-hydrogen) atoms. The van der Waals surface area contributed by atoms with Gasteiger partial charge in [0.15, 0.2) is 0 Å². The normalized spacial score (nSPS) is 20.8. The van der Waals surface area contributed by atoms with E-state index in [1.807, 2.05) is 13.0 Å². The number of nitrogens with zero attached hydrogens (tertiary/aromatic N) is 1. The topological polar surface area (TPSA) is 41.3 Å². The summed E-state index contributed by atoms with van der Waals surface area (Å²) in [6.07, 6.45) is 1.29. The largest absolute Gasteiger partial charge is 0.398 e. The Bertz CT molecular complexity index is 406. The van der Waals surface area contributed by atoms with Crippen LogP contribution in [0, 0.1) is 12.8 Å². The van der Waals surface area contributed by atoms with Crippen molar-refractivity contribution in [3.05, 3.63) is 22.2 Å². The number of aryl methyl sites for hydroxylation is 1. The van der Waals surface area contributed by atoms with Crippen LogP contribution in [-0.2, 0) is 0 Å². The molecule has 0 saturated carbocycles. The van der Waals surface area contributed by atoms with Crippen molar-refractivity contribution in [3.8, 4) is 0 Å². The Labute approximate surface area is 111 Å². The van der Waals surface area contributed by atoms with Gasteiger partial charge in [-0.2, -0.15) is 0 Å². The lowest BCUT2D eigenvalue weighted by atomic mass is 10.1. The second-order valence-electron chi connectivity index (χ2n) is 4.99. The molecule has 1 aromatic rings. The molecule has 94 valence electrons. The van der Waals surface area contributed by atoms with E-state index in [-0.39, 0.29) is 0 Å². The van der Waals surface area contributed by atoms with Crippen molar-refractivity contribution in [2.45, 2.75) is 13.3 Å². The van der Waals surface area contributed by atoms with Crippen molar-refractivity contribution < 1.29 is 0 Å². The second kappa shape index (κ2) is 5.27. The Morgan fingerprint density at radius 3 is 2.94 bits per heavy atom. The Morgan fingerprint density at radius 2 is 2.29 bits per heavy atom. The van der Waals surface area contributed by atoms with Crippen LogP contribution >= 0.6 is 15.9 Å². The molecule has 0 spiro atoms. The van der Waals surface area contributed by atoms with Crippen molar-refractivity contribution in [1.29, 1.82) is 0 Å². The number of hydrogen-bond acceptors (Lipinski definition) is 3. The molecule has 1 saturated heterocycles. The van der Waals surface area contributed by atoms with E-state index in [1.165, 1.54) is 19.5 Å². The number of rotatable bonds is 3. The van der Waals surface area contributed by atoms with Crippen LogP contribution < -0.4 is 11.1 Å². The summed E-state index contributed by atoms with van der Waals surface area (Å²) >= 11 is 3.55. The predicted molar refractivity (Wildman–Crippen MR) is 77.4 cm³/mol. The summed E-state index contributed by atoms with van der Waals surface area (Å²) < 4.78 is 1.05. The maximum atomic E-state index is 5.86. The third-order valence-electron chi connectivity index (χ3n) is 3.43. The standard InChI is InChI=1S/C13H20BrN3/c1-9-5-13(11(14)6-12(9)15)16-7-10-3-4-17(2)8-10/h5-6,10,16H,3-4,7-8,15H2,1-2H3. The first-order valence-corrected chi connectivity index (χ1v) is 6.83. The minimum Gasteiger partial charge on any atom is -0.398 e. The third kappa shape index (κ3) is 3.13. The molecule has 3 nitrogen and oxygen atoms in total. The zero-order valence-corrected chi connectivity index (χ0v) is 12.0. The molecule has 2 rings (SSSR count). The van der Waals surface area contributed by atoms with Crippen molar-refractivity contribution in [1.82, 2.24) is 4.90 Å². The summed E-state index contributed by atoms with van der Waals surface area (Å²) in [4.78, 5) is 2.38. The van der Waals surface area contributed by atoms with Crippen LogP contribution in [0.15, 0.2) is 16.6 Å². The van der Waals surface area contributed by atoms with E-state index in [9.17, 15) is 0 Å². The number of likely N-dealkylation sites (tertiary alicyclic amines) is 1. The summed E-state index contributed by atoms with van der Waals surface area (Å²) in [5.41, 5.74) is 8.97. The average molecular weight is 298 g/mol. The number of hydrogen-bond donors (Lipinski definition) is 2. The second-order valence-corrected chi connectivity index (χ2v) is 5.84. The maximum Gasteiger partial charge on any atom is 0.0488 e. The minimum atomic E-state index is 0.754. The summed E-state index contributed by atoms with van der Waals surface area (Å²) in [6.45, 7) is 5.48. The van der Waals surface area contributed by atoms with Crippen LogP contribution in [0.3, 0.4) is 0 Å². The van der Waals surface area contributed by atoms with E-state index in [0.717, 1.165) is 33.9 Å². The Hall–Kier alpha value is -0.740. The van der Waals surface area contributed by atoms with Crippen LogP contribution in [0.5, 0.6) is 0 Å². The zero-order chi connectivity index (χ0) is 12.4. The van der Waals surface area contributed by atoms with Gasteiger partial charge in [0.1, 0.15) is 0 Å². The fourth-order valence-corrected chi connectivity index (χ4v) is 2.78. The van der Waals surface area contributed by atoms with Crippen molar-refractivity contribution in [2.75, 3.05) is 37.7 Å². The highest BCUT2D eigenvalue weighted by Crippen LogP contribution is 2.28. The molecule has 4 heteroatoms. The molecule has 1 unspecified atom stereocenters. The van der Waals surface area contributed by atoms with E-state index >= 15 is 0 Å². The van der Waals surface area contributed by atoms with Crippen LogP contribution in [0.4, 0.5) is 11.4 Å². The van der Waals surface area contributed by atoms with Gasteiger partial charge < -0.3 is 16.0 Å². The van der Waals surface area contributed by atoms with E-state index < -0.39 is 0 Å². The van der Waals surface area contributed by atoms with Gasteiger partial charge in [-0.15, -0.1) is 0 Å². The number of nitrogens with one attached hydrogen (secondary N) is 1. The monoisotopic (exact) mass is 297 g/mol. The van der Waals surface area contributed by atoms with E-state index in [2.05, 4.69) is 39.3 Å². The molecule has 3 N–H and O–H groups in total. The Balaban J connectivity index is 1.97. The first kappa shape index (κ1) is 12.7. The van der Waals surface area contributed by atoms with Gasteiger partial charge in [-0.25, -0.2) is 0 Å². The number of halogens is 1. The number of nitrogens with two attached hydrogens (primary N) is 1. The predicted octanol–water partition coefficient (Wildman–Crippen LogP) is 2.70. The number of nitrogen functional groups attached to an aromatic ring is 1. The van der Waals surface area contributed by atoms with E-state index in [0.29, 0.717) is 0 Å². The van der Waals surface area contributed by atoms with Gasteiger partial charge in [-0.05, 0) is 66.5 Å². The number of benzene rings is 1. The van der Waals surface area contributed by atoms with E-state index in [4.69, 9.17) is 5.73 Å². The molecule has 0 aromatic heterocycles. The minimum absolute atomic E-state index is 0.754. The van der Waals surface area contributed by atoms with Crippen molar-refractivity contribution in [3.63, 3.8) is 0 Å². The van der Waals surface area contributed by atoms with Gasteiger partial charge in [-0.3, -0.25) is 0 Å². The highest BCUT2D eigenvalue weighted by Gasteiger charge is 2.19. The third-order valence-corrected chi connectivity index (χ3v) is 4.08. The molecule has 0 bridgehead atoms. The van der Waals surface area contributed by atoms with Crippen LogP contribution in [-0.4, -0.2) is 31.6 Å². The smallest absolute Gasteiger partial charge is 0.0488 e. The molecule has 1 aliphatic rings. The van der Waals surface area contributed by atoms with Crippen LogP contribution in [0.1, 0.15) is 12.0 Å². The molecular formula is C13H20BrN3. The summed E-state index contributed by atoms with van der Waals surface area (Å²) in [6, 6.07) is 4.08. The van der Waals surface area contributed by atoms with Crippen LogP contribution in [0.25, 0.3) is 0 Å². The molecule has 1 heterocycles. The molecule has 1 aromatic carbocycles. The first-order chi connectivity index (χ1) is 8.06. The SMILES string of the molecule is Cc1cc(NCC2CCN(C)C2)c(Br)cc1N. The lowest BCUT2D eigenvalue weighted by Crippen LogP contribution is -2.19. The first-order valence-electron chi connectivity index (χ1n) is 6.04. The zero-order valence-electron chi connectivity index (χ0n) is 10.5. The quantitative estimate of drug-likeness (QED) is 0.843. The van der Waals surface area contributed by atoms with Gasteiger partial charge in [0.05, 0.1) is 0 Å². The maximum absolute atomic E-state index is 5.86. The van der Waals surface area contributed by atoms with Gasteiger partial charge in [0.25, 0.3) is 0 Å². The Morgan fingerprint density at radius 1 is 1.53 bits per heavy atom. The van der Waals surface area contributed by atoms with Gasteiger partial charge in [0, 0.05) is 28.9 Å². The molecular weight excluding hydrogens is 278 g/mol. The molecule has 0 aliphatic carbocycles. The van der Waals surface area contributed by atoms with Crippen molar-refractivity contribution in [2.24, 2.45) is 5.92 Å². The lowest BCUT2D eigenvalue weighted by molar-refractivity contribution is 0.399. The molecule has 1 aliphatic heterocycles. The molecule has 1 atom stereocenters. The lowest BCUT2D eigenvalue weighted by Gasteiger charge is -2.15. The highest BCUT2D eigenvalue weighted by atomic mass is 79.9. The summed E-state index contributed by atoms with van der Waals surface area (Å²) in [5.74, 6) is 0.754. The Kier molecular flexibility index (Phi) is 3.94. The molecule has 1 fully saturated rings. The van der Waals surface area contributed by atoms with Gasteiger partial charge in [-0.1, -0.05) is 0 Å². The van der Waals surface area contributed by atoms with Crippen molar-refractivity contribution >= 4 is 27.3 Å². The number of anilines is 2. The van der Waals surface area contributed by atoms with Gasteiger partial charge in [0.2, 0.25) is 0 Å². The fourth-order valence-electron chi connectivity index (χ4n) is 2.28. The summed E-state index contributed by atoms with van der Waals surface area (Å²) in [5, 5.41) is 3.51. The van der Waals surface area contributed by atoms with Crippen LogP contribution in [0.2, 0.25) is 0 Å². The highest BCUT2D eigenvalue weighted by molar-refractivity contribution is 9.10.